The number of benzene rings is 3. The molecule has 2 aliphatic rings. The monoisotopic (exact) mass is 454 g/mol. The van der Waals surface area contributed by atoms with Crippen molar-refractivity contribution in [2.24, 2.45) is 5.92 Å². The minimum absolute atomic E-state index is 0.0463. The Morgan fingerprint density at radius 3 is 2.59 bits per heavy atom. The van der Waals surface area contributed by atoms with Crippen molar-refractivity contribution in [3.05, 3.63) is 95.6 Å². The highest BCUT2D eigenvalue weighted by atomic mass is 16.2. The fourth-order valence-electron chi connectivity index (χ4n) is 5.00. The Kier molecular flexibility index (Phi) is 6.32. The van der Waals surface area contributed by atoms with Gasteiger partial charge in [0.25, 0.3) is 5.91 Å². The molecular formula is C28H30N4O2. The molecule has 2 atom stereocenters. The summed E-state index contributed by atoms with van der Waals surface area (Å²) in [5, 5.41) is 6.04. The summed E-state index contributed by atoms with van der Waals surface area (Å²) < 4.78 is 0. The summed E-state index contributed by atoms with van der Waals surface area (Å²) in [4.78, 5) is 30.1. The highest BCUT2D eigenvalue weighted by molar-refractivity contribution is 6.08. The van der Waals surface area contributed by atoms with E-state index in [-0.39, 0.29) is 18.0 Å². The molecule has 1 fully saturated rings. The van der Waals surface area contributed by atoms with Gasteiger partial charge in [-0.2, -0.15) is 0 Å². The Bertz CT molecular complexity index is 1180. The number of amides is 3. The fraction of sp³-hybridized carbons (Fsp3) is 0.286. The van der Waals surface area contributed by atoms with Crippen LogP contribution in [-0.2, 0) is 13.0 Å². The number of rotatable bonds is 5. The molecule has 6 nitrogen and oxygen atoms in total. The number of para-hydroxylation sites is 1. The summed E-state index contributed by atoms with van der Waals surface area (Å²) in [7, 11) is 0. The maximum atomic E-state index is 13.1. The van der Waals surface area contributed by atoms with Gasteiger partial charge in [-0.3, -0.25) is 9.69 Å². The normalized spacial score (nSPS) is 19.6. The van der Waals surface area contributed by atoms with E-state index in [2.05, 4.69) is 52.8 Å². The molecule has 2 aliphatic heterocycles. The Labute approximate surface area is 200 Å². The van der Waals surface area contributed by atoms with Crippen LogP contribution in [0.3, 0.4) is 0 Å². The molecule has 0 saturated carbocycles. The van der Waals surface area contributed by atoms with E-state index in [1.807, 2.05) is 41.3 Å². The second-order valence-electron chi connectivity index (χ2n) is 9.28. The summed E-state index contributed by atoms with van der Waals surface area (Å²) >= 11 is 0. The van der Waals surface area contributed by atoms with Crippen LogP contribution < -0.4 is 15.5 Å². The highest BCUT2D eigenvalue weighted by Crippen LogP contribution is 2.29. The number of hydrogen-bond donors (Lipinski definition) is 2. The summed E-state index contributed by atoms with van der Waals surface area (Å²) in [5.74, 6) is 0.313. The maximum Gasteiger partial charge on any atom is 0.319 e. The van der Waals surface area contributed by atoms with Crippen molar-refractivity contribution in [1.82, 2.24) is 10.2 Å². The van der Waals surface area contributed by atoms with Crippen LogP contribution in [0, 0.1) is 5.92 Å². The van der Waals surface area contributed by atoms with Gasteiger partial charge in [0.15, 0.2) is 0 Å². The molecule has 3 aromatic rings. The van der Waals surface area contributed by atoms with Gasteiger partial charge in [-0.25, -0.2) is 4.79 Å². The number of nitrogens with zero attached hydrogens (tertiary/aromatic N) is 2. The summed E-state index contributed by atoms with van der Waals surface area (Å²) in [6.07, 6.45) is 0.864. The summed E-state index contributed by atoms with van der Waals surface area (Å²) in [6.45, 7) is 5.49. The molecule has 6 heteroatoms. The predicted molar refractivity (Wildman–Crippen MR) is 135 cm³/mol. The number of fused-ring (bicyclic) bond motifs is 1. The Hall–Kier alpha value is -3.64. The molecule has 0 bridgehead atoms. The third-order valence-corrected chi connectivity index (χ3v) is 6.75. The number of carbonyl (C=O) groups is 2. The van der Waals surface area contributed by atoms with Crippen LogP contribution in [0.1, 0.15) is 28.4 Å². The number of urea groups is 1. The number of anilines is 2. The first-order valence-electron chi connectivity index (χ1n) is 11.9. The van der Waals surface area contributed by atoms with Crippen LogP contribution in [0.4, 0.5) is 16.2 Å². The zero-order valence-corrected chi connectivity index (χ0v) is 19.4. The van der Waals surface area contributed by atoms with Gasteiger partial charge in [0.05, 0.1) is 0 Å². The number of carbonyl (C=O) groups excluding carboxylic acids is 2. The lowest BCUT2D eigenvalue weighted by atomic mass is 10.1. The lowest BCUT2D eigenvalue weighted by Crippen LogP contribution is -2.42. The van der Waals surface area contributed by atoms with E-state index in [1.54, 1.807) is 12.1 Å². The number of likely N-dealkylation sites (tertiary alicyclic amines) is 1. The summed E-state index contributed by atoms with van der Waals surface area (Å²) in [6, 6.07) is 25.4. The molecule has 3 amide bonds. The van der Waals surface area contributed by atoms with E-state index in [0.717, 1.165) is 31.7 Å². The van der Waals surface area contributed by atoms with E-state index in [1.165, 1.54) is 11.1 Å². The minimum atomic E-state index is -0.241. The molecule has 34 heavy (non-hydrogen) atoms. The first-order chi connectivity index (χ1) is 16.6. The molecular weight excluding hydrogens is 424 g/mol. The van der Waals surface area contributed by atoms with Crippen LogP contribution in [0.15, 0.2) is 78.9 Å². The van der Waals surface area contributed by atoms with Gasteiger partial charge in [0.2, 0.25) is 0 Å². The Morgan fingerprint density at radius 2 is 1.74 bits per heavy atom. The van der Waals surface area contributed by atoms with Crippen molar-refractivity contribution in [3.63, 3.8) is 0 Å². The van der Waals surface area contributed by atoms with Gasteiger partial charge < -0.3 is 15.5 Å². The molecule has 1 saturated heterocycles. The average molecular weight is 455 g/mol. The molecule has 3 aromatic carbocycles. The van der Waals surface area contributed by atoms with Gasteiger partial charge in [0, 0.05) is 49.2 Å². The number of hydrogen-bond acceptors (Lipinski definition) is 3. The van der Waals surface area contributed by atoms with E-state index < -0.39 is 0 Å². The zero-order chi connectivity index (χ0) is 23.5. The second-order valence-corrected chi connectivity index (χ2v) is 9.28. The van der Waals surface area contributed by atoms with Crippen LogP contribution >= 0.6 is 0 Å². The fourth-order valence-corrected chi connectivity index (χ4v) is 5.00. The topological polar surface area (TPSA) is 64.7 Å². The van der Waals surface area contributed by atoms with Crippen molar-refractivity contribution in [2.75, 3.05) is 29.9 Å². The molecule has 2 N–H and O–H groups in total. The summed E-state index contributed by atoms with van der Waals surface area (Å²) in [5.41, 5.74) is 4.62. The quantitative estimate of drug-likeness (QED) is 0.595. The van der Waals surface area contributed by atoms with Gasteiger partial charge in [-0.15, -0.1) is 0 Å². The maximum absolute atomic E-state index is 13.1. The minimum Gasteiger partial charge on any atom is -0.334 e. The van der Waals surface area contributed by atoms with E-state index >= 15 is 0 Å². The first-order valence-corrected chi connectivity index (χ1v) is 11.9. The Morgan fingerprint density at radius 1 is 0.941 bits per heavy atom. The standard InChI is InChI=1S/C28H30N4O2/c1-20-17-31(18-21-8-3-2-4-9-21)19-25(20)30-28(34)29-24-12-7-11-23(16-24)27(33)32-15-14-22-10-5-6-13-26(22)32/h2-13,16,20,25H,14-15,17-19H2,1H3,(H2,29,30,34). The smallest absolute Gasteiger partial charge is 0.319 e. The van der Waals surface area contributed by atoms with Crippen molar-refractivity contribution in [1.29, 1.82) is 0 Å². The molecule has 0 spiro atoms. The van der Waals surface area contributed by atoms with E-state index in [0.29, 0.717) is 23.7 Å². The van der Waals surface area contributed by atoms with Crippen LogP contribution in [0.25, 0.3) is 0 Å². The Balaban J connectivity index is 1.19. The lowest BCUT2D eigenvalue weighted by molar-refractivity contribution is 0.0989. The molecule has 0 aliphatic carbocycles. The van der Waals surface area contributed by atoms with Crippen molar-refractivity contribution < 1.29 is 9.59 Å². The van der Waals surface area contributed by atoms with Crippen molar-refractivity contribution in [3.8, 4) is 0 Å². The third-order valence-electron chi connectivity index (χ3n) is 6.75. The second kappa shape index (κ2) is 9.69. The van der Waals surface area contributed by atoms with E-state index in [9.17, 15) is 9.59 Å². The van der Waals surface area contributed by atoms with Crippen molar-refractivity contribution >= 4 is 23.3 Å². The molecule has 2 unspecified atom stereocenters. The molecule has 0 radical (unpaired) electrons. The molecule has 2 heterocycles. The number of nitrogens with one attached hydrogen (secondary N) is 2. The van der Waals surface area contributed by atoms with Gasteiger partial charge >= 0.3 is 6.03 Å². The van der Waals surface area contributed by atoms with Crippen LogP contribution in [0.5, 0.6) is 0 Å². The lowest BCUT2D eigenvalue weighted by Gasteiger charge is -2.19. The first kappa shape index (κ1) is 22.2. The average Bonchev–Trinajstić information content (AvgIpc) is 3.42. The third kappa shape index (κ3) is 4.82. The predicted octanol–water partition coefficient (Wildman–Crippen LogP) is 4.53. The molecule has 5 rings (SSSR count). The van der Waals surface area contributed by atoms with Gasteiger partial charge in [-0.1, -0.05) is 61.5 Å². The molecule has 0 aromatic heterocycles. The SMILES string of the molecule is CC1CN(Cc2ccccc2)CC1NC(=O)Nc1cccc(C(=O)N2CCc3ccccc32)c1. The van der Waals surface area contributed by atoms with Crippen molar-refractivity contribution in [2.45, 2.75) is 25.9 Å². The molecule has 174 valence electrons. The van der Waals surface area contributed by atoms with Gasteiger partial charge in [0.1, 0.15) is 0 Å². The zero-order valence-electron chi connectivity index (χ0n) is 19.4. The van der Waals surface area contributed by atoms with Crippen LogP contribution in [0.2, 0.25) is 0 Å². The van der Waals surface area contributed by atoms with Crippen LogP contribution in [-0.4, -0.2) is 42.5 Å². The largest absolute Gasteiger partial charge is 0.334 e. The van der Waals surface area contributed by atoms with Gasteiger partial charge in [-0.05, 0) is 47.7 Å². The van der Waals surface area contributed by atoms with E-state index in [4.69, 9.17) is 0 Å². The highest BCUT2D eigenvalue weighted by Gasteiger charge is 2.31.